The molecule has 1 atom stereocenters. The molecule has 120 valence electrons. The standard InChI is InChI=1S/C18H16N4O2/c23-18(15-11-19-8-9-20-15)22-10-6-14(12-22)24-16-5-1-3-13-4-2-7-21-17(13)16/h1-5,7-9,11,14H,6,10,12H2/t14-/m1/s1. The number of likely N-dealkylation sites (tertiary alicyclic amines) is 1. The van der Waals surface area contributed by atoms with Gasteiger partial charge in [0.15, 0.2) is 0 Å². The van der Waals surface area contributed by atoms with Crippen molar-refractivity contribution in [2.45, 2.75) is 12.5 Å². The Labute approximate surface area is 139 Å². The van der Waals surface area contributed by atoms with Crippen molar-refractivity contribution in [1.29, 1.82) is 0 Å². The van der Waals surface area contributed by atoms with Gasteiger partial charge in [0.2, 0.25) is 0 Å². The zero-order valence-electron chi connectivity index (χ0n) is 13.0. The Bertz CT molecular complexity index is 864. The molecule has 0 N–H and O–H groups in total. The Kier molecular flexibility index (Phi) is 3.78. The Morgan fingerprint density at radius 1 is 1.12 bits per heavy atom. The van der Waals surface area contributed by atoms with E-state index in [2.05, 4.69) is 15.0 Å². The van der Waals surface area contributed by atoms with Gasteiger partial charge in [0.1, 0.15) is 23.1 Å². The molecule has 4 rings (SSSR count). The van der Waals surface area contributed by atoms with Crippen LogP contribution in [-0.2, 0) is 0 Å². The zero-order chi connectivity index (χ0) is 16.4. The van der Waals surface area contributed by atoms with Gasteiger partial charge in [0.25, 0.3) is 5.91 Å². The van der Waals surface area contributed by atoms with Crippen LogP contribution in [-0.4, -0.2) is 45.0 Å². The first-order valence-corrected chi connectivity index (χ1v) is 7.87. The average molecular weight is 320 g/mol. The van der Waals surface area contributed by atoms with Crippen molar-refractivity contribution in [3.63, 3.8) is 0 Å². The topological polar surface area (TPSA) is 68.2 Å². The maximum atomic E-state index is 12.4. The summed E-state index contributed by atoms with van der Waals surface area (Å²) < 4.78 is 6.11. The SMILES string of the molecule is O=C(c1cnccn1)N1CC[C@@H](Oc2cccc3cccnc23)C1. The quantitative estimate of drug-likeness (QED) is 0.741. The van der Waals surface area contributed by atoms with Crippen LogP contribution >= 0.6 is 0 Å². The number of hydrogen-bond donors (Lipinski definition) is 0. The number of pyridine rings is 1. The van der Waals surface area contributed by atoms with Crippen LogP contribution in [0.1, 0.15) is 16.9 Å². The van der Waals surface area contributed by atoms with Gasteiger partial charge in [-0.15, -0.1) is 0 Å². The van der Waals surface area contributed by atoms with Gasteiger partial charge in [0.05, 0.1) is 12.7 Å². The first kappa shape index (κ1) is 14.6. The van der Waals surface area contributed by atoms with Crippen molar-refractivity contribution in [1.82, 2.24) is 19.9 Å². The fourth-order valence-electron chi connectivity index (χ4n) is 2.93. The van der Waals surface area contributed by atoms with E-state index < -0.39 is 0 Å². The van der Waals surface area contributed by atoms with E-state index in [0.29, 0.717) is 18.8 Å². The van der Waals surface area contributed by atoms with Crippen LogP contribution in [0.5, 0.6) is 5.75 Å². The molecule has 24 heavy (non-hydrogen) atoms. The van der Waals surface area contributed by atoms with Crippen LogP contribution in [0, 0.1) is 0 Å². The Morgan fingerprint density at radius 3 is 2.92 bits per heavy atom. The van der Waals surface area contributed by atoms with Gasteiger partial charge in [-0.2, -0.15) is 0 Å². The fourth-order valence-corrected chi connectivity index (χ4v) is 2.93. The van der Waals surface area contributed by atoms with E-state index in [1.807, 2.05) is 30.3 Å². The summed E-state index contributed by atoms with van der Waals surface area (Å²) in [6, 6.07) is 9.80. The molecule has 0 unspecified atom stereocenters. The number of aromatic nitrogens is 3. The molecular formula is C18H16N4O2. The molecule has 1 fully saturated rings. The van der Waals surface area contributed by atoms with Gasteiger partial charge in [-0.3, -0.25) is 14.8 Å². The van der Waals surface area contributed by atoms with E-state index in [1.165, 1.54) is 12.4 Å². The molecule has 0 spiro atoms. The van der Waals surface area contributed by atoms with Gasteiger partial charge in [-0.05, 0) is 12.1 Å². The number of carbonyl (C=O) groups is 1. The van der Waals surface area contributed by atoms with Crippen LogP contribution in [0.25, 0.3) is 10.9 Å². The lowest BCUT2D eigenvalue weighted by atomic mass is 10.2. The Hall–Kier alpha value is -3.02. The zero-order valence-corrected chi connectivity index (χ0v) is 13.0. The second-order valence-electron chi connectivity index (χ2n) is 5.70. The number of ether oxygens (including phenoxy) is 1. The highest BCUT2D eigenvalue weighted by atomic mass is 16.5. The maximum absolute atomic E-state index is 12.4. The highest BCUT2D eigenvalue weighted by molar-refractivity contribution is 5.92. The molecule has 1 amide bonds. The molecule has 1 aliphatic heterocycles. The lowest BCUT2D eigenvalue weighted by molar-refractivity contribution is 0.0766. The van der Waals surface area contributed by atoms with Crippen LogP contribution < -0.4 is 4.74 Å². The molecule has 1 aromatic carbocycles. The highest BCUT2D eigenvalue weighted by Gasteiger charge is 2.29. The number of para-hydroxylation sites is 1. The van der Waals surface area contributed by atoms with E-state index in [-0.39, 0.29) is 12.0 Å². The van der Waals surface area contributed by atoms with Crippen LogP contribution in [0.2, 0.25) is 0 Å². The van der Waals surface area contributed by atoms with Crippen molar-refractivity contribution in [2.75, 3.05) is 13.1 Å². The average Bonchev–Trinajstić information content (AvgIpc) is 3.11. The van der Waals surface area contributed by atoms with E-state index in [1.54, 1.807) is 17.3 Å². The van der Waals surface area contributed by atoms with Crippen molar-refractivity contribution in [2.24, 2.45) is 0 Å². The summed E-state index contributed by atoms with van der Waals surface area (Å²) in [5.74, 6) is 0.650. The molecule has 0 saturated carbocycles. The summed E-state index contributed by atoms with van der Waals surface area (Å²) in [6.07, 6.45) is 7.08. The summed E-state index contributed by atoms with van der Waals surface area (Å²) in [7, 11) is 0. The van der Waals surface area contributed by atoms with E-state index in [0.717, 1.165) is 23.1 Å². The summed E-state index contributed by atoms with van der Waals surface area (Å²) in [5.41, 5.74) is 1.21. The van der Waals surface area contributed by atoms with Crippen LogP contribution in [0.3, 0.4) is 0 Å². The molecule has 3 heterocycles. The van der Waals surface area contributed by atoms with Gasteiger partial charge in [-0.1, -0.05) is 18.2 Å². The predicted molar refractivity (Wildman–Crippen MR) is 88.7 cm³/mol. The number of benzene rings is 1. The number of amides is 1. The predicted octanol–water partition coefficient (Wildman–Crippen LogP) is 2.32. The number of fused-ring (bicyclic) bond motifs is 1. The molecule has 6 nitrogen and oxygen atoms in total. The van der Waals surface area contributed by atoms with Crippen LogP contribution in [0.15, 0.2) is 55.1 Å². The second-order valence-corrected chi connectivity index (χ2v) is 5.70. The van der Waals surface area contributed by atoms with Crippen molar-refractivity contribution in [3.05, 3.63) is 60.8 Å². The smallest absolute Gasteiger partial charge is 0.274 e. The van der Waals surface area contributed by atoms with Gasteiger partial charge < -0.3 is 9.64 Å². The third-order valence-electron chi connectivity index (χ3n) is 4.10. The molecule has 6 heteroatoms. The van der Waals surface area contributed by atoms with Crippen molar-refractivity contribution in [3.8, 4) is 5.75 Å². The minimum atomic E-state index is -0.106. The maximum Gasteiger partial charge on any atom is 0.274 e. The summed E-state index contributed by atoms with van der Waals surface area (Å²) in [4.78, 5) is 26.6. The number of hydrogen-bond acceptors (Lipinski definition) is 5. The second kappa shape index (κ2) is 6.23. The Morgan fingerprint density at radius 2 is 2.04 bits per heavy atom. The lowest BCUT2D eigenvalue weighted by Gasteiger charge is -2.17. The summed E-state index contributed by atoms with van der Waals surface area (Å²) in [5, 5.41) is 1.04. The van der Waals surface area contributed by atoms with Gasteiger partial charge in [-0.25, -0.2) is 4.98 Å². The van der Waals surface area contributed by atoms with Crippen molar-refractivity contribution < 1.29 is 9.53 Å². The minimum Gasteiger partial charge on any atom is -0.486 e. The normalized spacial score (nSPS) is 17.2. The number of carbonyl (C=O) groups excluding carboxylic acids is 1. The number of nitrogens with zero attached hydrogens (tertiary/aromatic N) is 4. The minimum absolute atomic E-state index is 0.0433. The van der Waals surface area contributed by atoms with E-state index in [4.69, 9.17) is 4.74 Å². The third kappa shape index (κ3) is 2.78. The first-order valence-electron chi connectivity index (χ1n) is 7.87. The van der Waals surface area contributed by atoms with Gasteiger partial charge >= 0.3 is 0 Å². The number of rotatable bonds is 3. The first-order chi connectivity index (χ1) is 11.8. The molecular weight excluding hydrogens is 304 g/mol. The van der Waals surface area contributed by atoms with E-state index in [9.17, 15) is 4.79 Å². The fraction of sp³-hybridized carbons (Fsp3) is 0.222. The molecule has 0 bridgehead atoms. The molecule has 0 aliphatic carbocycles. The van der Waals surface area contributed by atoms with Gasteiger partial charge in [0, 0.05) is 36.9 Å². The molecule has 1 saturated heterocycles. The molecule has 2 aromatic heterocycles. The monoisotopic (exact) mass is 320 g/mol. The molecule has 1 aliphatic rings. The largest absolute Gasteiger partial charge is 0.486 e. The van der Waals surface area contributed by atoms with Crippen molar-refractivity contribution >= 4 is 16.8 Å². The summed E-state index contributed by atoms with van der Waals surface area (Å²) in [6.45, 7) is 1.19. The lowest BCUT2D eigenvalue weighted by Crippen LogP contribution is -2.31. The summed E-state index contributed by atoms with van der Waals surface area (Å²) >= 11 is 0. The van der Waals surface area contributed by atoms with E-state index >= 15 is 0 Å². The Balaban J connectivity index is 1.48. The third-order valence-corrected chi connectivity index (χ3v) is 4.10. The molecule has 0 radical (unpaired) electrons. The molecule has 3 aromatic rings. The van der Waals surface area contributed by atoms with Crippen LogP contribution in [0.4, 0.5) is 0 Å². The highest BCUT2D eigenvalue weighted by Crippen LogP contribution is 2.26.